The van der Waals surface area contributed by atoms with Crippen LogP contribution in [0.1, 0.15) is 58.1 Å². The minimum absolute atomic E-state index is 0.0170. The molecule has 0 fully saturated rings. The van der Waals surface area contributed by atoms with E-state index in [1.807, 2.05) is 37.3 Å². The topological polar surface area (TPSA) is 55.1 Å². The molecule has 1 aromatic rings. The molecule has 1 atom stereocenters. The van der Waals surface area contributed by atoms with Crippen LogP contribution in [-0.4, -0.2) is 12.5 Å². The van der Waals surface area contributed by atoms with Crippen LogP contribution in [0, 0.1) is 5.41 Å². The quantitative estimate of drug-likeness (QED) is 0.764. The Hall–Kier alpha value is -1.35. The van der Waals surface area contributed by atoms with E-state index in [9.17, 15) is 4.79 Å². The summed E-state index contributed by atoms with van der Waals surface area (Å²) in [6.07, 6.45) is 3.66. The molecular weight excluding hydrogens is 248 g/mol. The Balaban J connectivity index is 2.80. The zero-order valence-electron chi connectivity index (χ0n) is 13.0. The Morgan fingerprint density at radius 2 is 1.75 bits per heavy atom. The molecule has 0 spiro atoms. The van der Waals surface area contributed by atoms with Gasteiger partial charge < -0.3 is 11.1 Å². The smallest absolute Gasteiger partial charge is 0.227 e. The lowest BCUT2D eigenvalue weighted by atomic mass is 9.78. The molecule has 1 aromatic carbocycles. The van der Waals surface area contributed by atoms with Crippen LogP contribution in [0.15, 0.2) is 30.3 Å². The highest BCUT2D eigenvalue weighted by atomic mass is 16.2. The maximum absolute atomic E-state index is 12.7. The number of rotatable bonds is 8. The Morgan fingerprint density at radius 1 is 1.20 bits per heavy atom. The van der Waals surface area contributed by atoms with Crippen LogP contribution in [-0.2, 0) is 4.79 Å². The predicted molar refractivity (Wildman–Crippen MR) is 84.3 cm³/mol. The molecule has 3 N–H and O–H groups in total. The fourth-order valence-electron chi connectivity index (χ4n) is 2.78. The molecule has 1 unspecified atom stereocenters. The number of carbonyl (C=O) groups excluding carboxylic acids is 1. The molecule has 3 heteroatoms. The van der Waals surface area contributed by atoms with Gasteiger partial charge in [-0.1, -0.05) is 57.0 Å². The van der Waals surface area contributed by atoms with E-state index in [0.717, 1.165) is 31.2 Å². The van der Waals surface area contributed by atoms with E-state index in [1.54, 1.807) is 0 Å². The number of benzene rings is 1. The molecule has 112 valence electrons. The van der Waals surface area contributed by atoms with E-state index in [1.165, 1.54) is 0 Å². The Morgan fingerprint density at radius 3 is 2.20 bits per heavy atom. The summed E-state index contributed by atoms with van der Waals surface area (Å²) in [5.41, 5.74) is 6.65. The molecule has 0 aliphatic heterocycles. The van der Waals surface area contributed by atoms with Gasteiger partial charge in [0, 0.05) is 6.54 Å². The second-order valence-electron chi connectivity index (χ2n) is 5.59. The number of amides is 1. The Kier molecular flexibility index (Phi) is 6.73. The maximum Gasteiger partial charge on any atom is 0.227 e. The molecule has 0 heterocycles. The summed E-state index contributed by atoms with van der Waals surface area (Å²) in [5.74, 6) is 0.0973. The Labute approximate surface area is 122 Å². The number of hydrogen-bond acceptors (Lipinski definition) is 2. The first kappa shape index (κ1) is 16.7. The van der Waals surface area contributed by atoms with E-state index in [-0.39, 0.29) is 11.9 Å². The lowest BCUT2D eigenvalue weighted by molar-refractivity contribution is -0.132. The van der Waals surface area contributed by atoms with Crippen molar-refractivity contribution in [1.29, 1.82) is 0 Å². The van der Waals surface area contributed by atoms with Crippen LogP contribution in [0.4, 0.5) is 0 Å². The third-order valence-electron chi connectivity index (χ3n) is 3.98. The third kappa shape index (κ3) is 4.07. The number of hydrogen-bond donors (Lipinski definition) is 2. The monoisotopic (exact) mass is 276 g/mol. The zero-order valence-corrected chi connectivity index (χ0v) is 13.0. The zero-order chi connectivity index (χ0) is 15.0. The average Bonchev–Trinajstić information content (AvgIpc) is 2.47. The Bertz CT molecular complexity index is 397. The lowest BCUT2D eigenvalue weighted by Crippen LogP contribution is -2.46. The third-order valence-corrected chi connectivity index (χ3v) is 3.98. The summed E-state index contributed by atoms with van der Waals surface area (Å²) < 4.78 is 0. The van der Waals surface area contributed by atoms with Crippen molar-refractivity contribution in [1.82, 2.24) is 5.32 Å². The van der Waals surface area contributed by atoms with Crippen LogP contribution < -0.4 is 11.1 Å². The fraction of sp³-hybridized carbons (Fsp3) is 0.588. The predicted octanol–water partition coefficient (Wildman–Crippen LogP) is 3.41. The molecule has 0 radical (unpaired) electrons. The highest BCUT2D eigenvalue weighted by molar-refractivity contribution is 5.83. The second-order valence-corrected chi connectivity index (χ2v) is 5.59. The normalized spacial score (nSPS) is 13.0. The van der Waals surface area contributed by atoms with Crippen LogP contribution in [0.3, 0.4) is 0 Å². The molecular formula is C17H28N2O. The van der Waals surface area contributed by atoms with Gasteiger partial charge >= 0.3 is 0 Å². The first-order chi connectivity index (χ1) is 9.59. The fourth-order valence-corrected chi connectivity index (χ4v) is 2.78. The SMILES string of the molecule is CCCC(CN)(CCC)C(=O)NC(C)c1ccccc1. The molecule has 1 rings (SSSR count). The largest absolute Gasteiger partial charge is 0.349 e. The number of nitrogens with one attached hydrogen (secondary N) is 1. The van der Waals surface area contributed by atoms with Gasteiger partial charge in [-0.3, -0.25) is 4.79 Å². The van der Waals surface area contributed by atoms with Crippen LogP contribution in [0.2, 0.25) is 0 Å². The van der Waals surface area contributed by atoms with Gasteiger partial charge in [0.15, 0.2) is 0 Å². The molecule has 3 nitrogen and oxygen atoms in total. The van der Waals surface area contributed by atoms with E-state index in [2.05, 4.69) is 19.2 Å². The molecule has 0 saturated carbocycles. The minimum atomic E-state index is -0.410. The highest BCUT2D eigenvalue weighted by Crippen LogP contribution is 2.30. The van der Waals surface area contributed by atoms with E-state index < -0.39 is 5.41 Å². The maximum atomic E-state index is 12.7. The van der Waals surface area contributed by atoms with Crippen molar-refractivity contribution in [3.05, 3.63) is 35.9 Å². The summed E-state index contributed by atoms with van der Waals surface area (Å²) in [4.78, 5) is 12.7. The van der Waals surface area contributed by atoms with Crippen LogP contribution >= 0.6 is 0 Å². The van der Waals surface area contributed by atoms with Crippen LogP contribution in [0.25, 0.3) is 0 Å². The molecule has 1 amide bonds. The van der Waals surface area contributed by atoms with Gasteiger partial charge in [0.1, 0.15) is 0 Å². The van der Waals surface area contributed by atoms with E-state index in [4.69, 9.17) is 5.73 Å². The average molecular weight is 276 g/mol. The van der Waals surface area contributed by atoms with Gasteiger partial charge in [-0.2, -0.15) is 0 Å². The van der Waals surface area contributed by atoms with Gasteiger partial charge in [-0.25, -0.2) is 0 Å². The molecule has 0 aliphatic rings. The van der Waals surface area contributed by atoms with Crippen molar-refractivity contribution in [2.24, 2.45) is 11.1 Å². The van der Waals surface area contributed by atoms with Gasteiger partial charge in [0.25, 0.3) is 0 Å². The van der Waals surface area contributed by atoms with Crippen molar-refractivity contribution in [2.75, 3.05) is 6.54 Å². The second kappa shape index (κ2) is 8.05. The van der Waals surface area contributed by atoms with E-state index >= 15 is 0 Å². The van der Waals surface area contributed by atoms with Crippen molar-refractivity contribution in [2.45, 2.75) is 52.5 Å². The van der Waals surface area contributed by atoms with Gasteiger partial charge in [-0.05, 0) is 25.3 Å². The highest BCUT2D eigenvalue weighted by Gasteiger charge is 2.35. The summed E-state index contributed by atoms with van der Waals surface area (Å²) in [6, 6.07) is 10.1. The number of carbonyl (C=O) groups is 1. The van der Waals surface area contributed by atoms with Crippen molar-refractivity contribution >= 4 is 5.91 Å². The van der Waals surface area contributed by atoms with Gasteiger partial charge in [0.2, 0.25) is 5.91 Å². The molecule has 0 aromatic heterocycles. The van der Waals surface area contributed by atoms with Gasteiger partial charge in [0.05, 0.1) is 11.5 Å². The molecule has 0 aliphatic carbocycles. The summed E-state index contributed by atoms with van der Waals surface area (Å²) in [5, 5.41) is 3.14. The number of nitrogens with two attached hydrogens (primary N) is 1. The standard InChI is InChI=1S/C17H28N2O/c1-4-11-17(13-18,12-5-2)16(20)19-14(3)15-9-7-6-8-10-15/h6-10,14H,4-5,11-13,18H2,1-3H3,(H,19,20). The first-order valence-electron chi connectivity index (χ1n) is 7.65. The van der Waals surface area contributed by atoms with Crippen molar-refractivity contribution in [3.8, 4) is 0 Å². The summed E-state index contributed by atoms with van der Waals surface area (Å²) in [7, 11) is 0. The first-order valence-corrected chi connectivity index (χ1v) is 7.65. The van der Waals surface area contributed by atoms with E-state index in [0.29, 0.717) is 6.54 Å². The molecule has 20 heavy (non-hydrogen) atoms. The lowest BCUT2D eigenvalue weighted by Gasteiger charge is -2.32. The molecule has 0 bridgehead atoms. The molecule has 0 saturated heterocycles. The van der Waals surface area contributed by atoms with Crippen molar-refractivity contribution < 1.29 is 4.79 Å². The van der Waals surface area contributed by atoms with Crippen molar-refractivity contribution in [3.63, 3.8) is 0 Å². The minimum Gasteiger partial charge on any atom is -0.349 e. The summed E-state index contributed by atoms with van der Waals surface area (Å²) in [6.45, 7) is 6.65. The summed E-state index contributed by atoms with van der Waals surface area (Å²) >= 11 is 0. The van der Waals surface area contributed by atoms with Gasteiger partial charge in [-0.15, -0.1) is 0 Å². The van der Waals surface area contributed by atoms with Crippen LogP contribution in [0.5, 0.6) is 0 Å².